The number of esters is 1. The molecule has 2 spiro atoms. The molecule has 1 N–H and O–H groups in total. The maximum Gasteiger partial charge on any atom is 0.309 e. The summed E-state index contributed by atoms with van der Waals surface area (Å²) >= 11 is 0. The number of fused-ring (bicyclic) bond motifs is 2. The molecule has 0 unspecified atom stereocenters. The molecule has 5 saturated carbocycles. The number of cyclic esters (lactones) is 1. The van der Waals surface area contributed by atoms with Gasteiger partial charge < -0.3 is 9.84 Å². The van der Waals surface area contributed by atoms with Crippen molar-refractivity contribution in [3.63, 3.8) is 0 Å². The van der Waals surface area contributed by atoms with Crippen LogP contribution in [0.25, 0.3) is 0 Å². The van der Waals surface area contributed by atoms with Crippen LogP contribution in [0.5, 0.6) is 0 Å². The fraction of sp³-hybridized carbons (Fsp3) is 0.967. The van der Waals surface area contributed by atoms with Crippen LogP contribution in [0.2, 0.25) is 0 Å². The summed E-state index contributed by atoms with van der Waals surface area (Å²) in [5.74, 6) is 3.07. The van der Waals surface area contributed by atoms with E-state index < -0.39 is 0 Å². The van der Waals surface area contributed by atoms with E-state index in [9.17, 15) is 9.90 Å². The average Bonchev–Trinajstić information content (AvgIpc) is 3.19. The van der Waals surface area contributed by atoms with Crippen molar-refractivity contribution in [2.45, 2.75) is 124 Å². The van der Waals surface area contributed by atoms with Gasteiger partial charge in [-0.25, -0.2) is 0 Å². The third-order valence-corrected chi connectivity index (χ3v) is 13.8. The van der Waals surface area contributed by atoms with E-state index in [1.165, 1.54) is 51.4 Å². The Kier molecular flexibility index (Phi) is 4.71. The topological polar surface area (TPSA) is 46.5 Å². The number of carbonyl (C=O) groups excluding carboxylic acids is 1. The molecule has 0 aromatic carbocycles. The lowest BCUT2D eigenvalue weighted by Gasteiger charge is -2.63. The zero-order chi connectivity index (χ0) is 23.6. The predicted octanol–water partition coefficient (Wildman–Crippen LogP) is 6.76. The number of hydrogen-bond acceptors (Lipinski definition) is 3. The molecule has 11 atom stereocenters. The molecule has 6 rings (SSSR count). The minimum Gasteiger partial charge on any atom is -0.462 e. The number of carbonyl (C=O) groups is 1. The van der Waals surface area contributed by atoms with Gasteiger partial charge in [-0.3, -0.25) is 4.79 Å². The lowest BCUT2D eigenvalue weighted by molar-refractivity contribution is -0.162. The molecule has 6 aliphatic rings. The summed E-state index contributed by atoms with van der Waals surface area (Å²) < 4.78 is 5.73. The number of rotatable bonds is 3. The molecule has 0 bridgehead atoms. The van der Waals surface area contributed by atoms with Crippen LogP contribution in [0.3, 0.4) is 0 Å². The fourth-order valence-corrected chi connectivity index (χ4v) is 11.8. The second-order valence-electron chi connectivity index (χ2n) is 14.9. The van der Waals surface area contributed by atoms with Gasteiger partial charge in [0, 0.05) is 0 Å². The summed E-state index contributed by atoms with van der Waals surface area (Å²) in [5, 5.41) is 10.9. The summed E-state index contributed by atoms with van der Waals surface area (Å²) in [6.07, 6.45) is 14.0. The first-order chi connectivity index (χ1) is 15.4. The highest BCUT2D eigenvalue weighted by molar-refractivity contribution is 5.74. The van der Waals surface area contributed by atoms with Crippen molar-refractivity contribution in [1.29, 1.82) is 0 Å². The Morgan fingerprint density at radius 1 is 0.939 bits per heavy atom. The van der Waals surface area contributed by atoms with Crippen LogP contribution in [0.15, 0.2) is 0 Å². The minimum atomic E-state index is -0.115. The maximum atomic E-state index is 12.0. The van der Waals surface area contributed by atoms with Crippen LogP contribution in [0.4, 0.5) is 0 Å². The SMILES string of the molecule is C[C@@H]1C[C@@H](C[C@@H](C)[C@H]2CC[C@@]3(C)[C@@H]4CC[C@H]5C(C)(C)[C@H](O)CC[C@@]56C[C@@]46CC[C@]23C)OC1=O. The summed E-state index contributed by atoms with van der Waals surface area (Å²) in [6.45, 7) is 14.6. The highest BCUT2D eigenvalue weighted by Crippen LogP contribution is 2.89. The van der Waals surface area contributed by atoms with Crippen LogP contribution < -0.4 is 0 Å². The minimum absolute atomic E-state index is 0.0191. The van der Waals surface area contributed by atoms with Crippen LogP contribution in [0.1, 0.15) is 112 Å². The molecule has 0 amide bonds. The molecule has 3 heteroatoms. The summed E-state index contributed by atoms with van der Waals surface area (Å²) in [5.41, 5.74) is 2.03. The zero-order valence-corrected chi connectivity index (χ0v) is 22.1. The Morgan fingerprint density at radius 2 is 1.64 bits per heavy atom. The Balaban J connectivity index is 1.25. The van der Waals surface area contributed by atoms with Crippen LogP contribution in [-0.4, -0.2) is 23.3 Å². The molecule has 0 aromatic rings. The molecule has 3 nitrogen and oxygen atoms in total. The maximum absolute atomic E-state index is 12.0. The first kappa shape index (κ1) is 22.9. The van der Waals surface area contributed by atoms with Crippen LogP contribution in [-0.2, 0) is 9.53 Å². The average molecular weight is 457 g/mol. The van der Waals surface area contributed by atoms with Crippen LogP contribution in [0, 0.1) is 56.7 Å². The van der Waals surface area contributed by atoms with Gasteiger partial charge in [-0.2, -0.15) is 0 Å². The Morgan fingerprint density at radius 3 is 2.33 bits per heavy atom. The quantitative estimate of drug-likeness (QED) is 0.477. The van der Waals surface area contributed by atoms with E-state index in [4.69, 9.17) is 4.74 Å². The van der Waals surface area contributed by atoms with E-state index in [0.717, 1.165) is 31.1 Å². The van der Waals surface area contributed by atoms with Crippen molar-refractivity contribution < 1.29 is 14.6 Å². The Labute approximate surface area is 201 Å². The summed E-state index contributed by atoms with van der Waals surface area (Å²) in [6, 6.07) is 0. The number of ether oxygens (including phenoxy) is 1. The van der Waals surface area contributed by atoms with Crippen molar-refractivity contribution in [3.8, 4) is 0 Å². The largest absolute Gasteiger partial charge is 0.462 e. The van der Waals surface area contributed by atoms with Gasteiger partial charge in [0.05, 0.1) is 12.0 Å². The van der Waals surface area contributed by atoms with Crippen molar-refractivity contribution in [2.75, 3.05) is 0 Å². The van der Waals surface area contributed by atoms with Gasteiger partial charge in [-0.05, 0) is 121 Å². The zero-order valence-electron chi connectivity index (χ0n) is 22.1. The summed E-state index contributed by atoms with van der Waals surface area (Å²) in [7, 11) is 0. The Bertz CT molecular complexity index is 849. The Hall–Kier alpha value is -0.570. The molecule has 33 heavy (non-hydrogen) atoms. The van der Waals surface area contributed by atoms with Gasteiger partial charge in [0.15, 0.2) is 0 Å². The monoisotopic (exact) mass is 456 g/mol. The second kappa shape index (κ2) is 6.80. The lowest BCUT2D eigenvalue weighted by atomic mass is 9.41. The normalized spacial score (nSPS) is 57.4. The molecule has 1 aliphatic heterocycles. The van der Waals surface area contributed by atoms with Crippen molar-refractivity contribution in [1.82, 2.24) is 0 Å². The van der Waals surface area contributed by atoms with Gasteiger partial charge in [0.2, 0.25) is 0 Å². The van der Waals surface area contributed by atoms with Crippen molar-refractivity contribution in [3.05, 3.63) is 0 Å². The van der Waals surface area contributed by atoms with Crippen molar-refractivity contribution in [2.24, 2.45) is 56.7 Å². The second-order valence-corrected chi connectivity index (χ2v) is 14.9. The lowest BCUT2D eigenvalue weighted by Crippen LogP contribution is -2.57. The van der Waals surface area contributed by atoms with Gasteiger partial charge in [0.1, 0.15) is 6.10 Å². The smallest absolute Gasteiger partial charge is 0.309 e. The van der Waals surface area contributed by atoms with Gasteiger partial charge >= 0.3 is 5.97 Å². The third-order valence-electron chi connectivity index (χ3n) is 13.8. The molecule has 1 saturated heterocycles. The predicted molar refractivity (Wildman–Crippen MR) is 130 cm³/mol. The molecule has 186 valence electrons. The molecule has 5 aliphatic carbocycles. The molecule has 1 heterocycles. The molecule has 0 aromatic heterocycles. The van der Waals surface area contributed by atoms with Crippen LogP contribution >= 0.6 is 0 Å². The van der Waals surface area contributed by atoms with E-state index in [-0.39, 0.29) is 29.5 Å². The molecule has 6 fully saturated rings. The van der Waals surface area contributed by atoms with E-state index in [1.807, 2.05) is 6.92 Å². The van der Waals surface area contributed by atoms with Gasteiger partial charge in [-0.15, -0.1) is 0 Å². The molecular formula is C30H48O3. The van der Waals surface area contributed by atoms with Crippen molar-refractivity contribution >= 4 is 5.97 Å². The van der Waals surface area contributed by atoms with E-state index in [2.05, 4.69) is 34.6 Å². The molecular weight excluding hydrogens is 408 g/mol. The van der Waals surface area contributed by atoms with E-state index >= 15 is 0 Å². The first-order valence-corrected chi connectivity index (χ1v) is 14.3. The number of hydrogen-bond donors (Lipinski definition) is 1. The molecule has 0 radical (unpaired) electrons. The van der Waals surface area contributed by atoms with E-state index in [0.29, 0.717) is 33.5 Å². The highest BCUT2D eigenvalue weighted by atomic mass is 16.5. The first-order valence-electron chi connectivity index (χ1n) is 14.3. The van der Waals surface area contributed by atoms with Gasteiger partial charge in [-0.1, -0.05) is 41.5 Å². The number of aliphatic hydroxyl groups excluding tert-OH is 1. The highest BCUT2D eigenvalue weighted by Gasteiger charge is 2.82. The van der Waals surface area contributed by atoms with Gasteiger partial charge in [0.25, 0.3) is 0 Å². The third kappa shape index (κ3) is 2.65. The van der Waals surface area contributed by atoms with E-state index in [1.54, 1.807) is 0 Å². The fourth-order valence-electron chi connectivity index (χ4n) is 11.8. The standard InChI is InChI=1S/C30H48O3/c1-18(15-20-16-19(2)25(32)33-20)21-9-11-28(6)23-8-7-22-26(3,4)24(31)10-12-29(22)17-30(23,29)14-13-27(21,28)5/h18-24,31H,7-17H2,1-6H3/t18-,19-,20-,21-,22+,23+,24-,27-,28+,29-,30+/m1/s1. The number of aliphatic hydroxyl groups is 1. The summed E-state index contributed by atoms with van der Waals surface area (Å²) in [4.78, 5) is 12.0.